The van der Waals surface area contributed by atoms with Crippen molar-refractivity contribution in [1.82, 2.24) is 9.88 Å². The monoisotopic (exact) mass is 416 g/mol. The van der Waals surface area contributed by atoms with Gasteiger partial charge in [-0.15, -0.1) is 0 Å². The number of aromatic amines is 1. The summed E-state index contributed by atoms with van der Waals surface area (Å²) in [6.07, 6.45) is 8.10. The van der Waals surface area contributed by atoms with Gasteiger partial charge in [0.05, 0.1) is 18.7 Å². The van der Waals surface area contributed by atoms with E-state index in [0.29, 0.717) is 5.56 Å². The number of carbonyl (C=O) groups is 1. The number of rotatable bonds is 6. The molecule has 5 heteroatoms. The molecule has 2 aliphatic rings. The van der Waals surface area contributed by atoms with Gasteiger partial charge in [-0.2, -0.15) is 0 Å². The van der Waals surface area contributed by atoms with E-state index in [1.54, 1.807) is 24.8 Å². The van der Waals surface area contributed by atoms with Gasteiger partial charge < -0.3 is 14.8 Å². The van der Waals surface area contributed by atoms with E-state index < -0.39 is 5.97 Å². The minimum Gasteiger partial charge on any atom is -0.496 e. The Morgan fingerprint density at radius 3 is 2.68 bits per heavy atom. The van der Waals surface area contributed by atoms with Crippen molar-refractivity contribution in [3.8, 4) is 5.75 Å². The van der Waals surface area contributed by atoms with E-state index in [1.165, 1.54) is 29.4 Å². The summed E-state index contributed by atoms with van der Waals surface area (Å²) in [6.45, 7) is 3.86. The zero-order valence-corrected chi connectivity index (χ0v) is 18.0. The summed E-state index contributed by atoms with van der Waals surface area (Å²) in [5.74, 6) is 0.773. The summed E-state index contributed by atoms with van der Waals surface area (Å²) in [4.78, 5) is 17.2. The molecule has 1 aliphatic heterocycles. The van der Waals surface area contributed by atoms with E-state index >= 15 is 0 Å². The molecular formula is C26H28N2O3. The first-order valence-corrected chi connectivity index (χ1v) is 11.0. The Morgan fingerprint density at radius 1 is 1.23 bits per heavy atom. The second kappa shape index (κ2) is 7.89. The Balaban J connectivity index is 1.53. The number of nitrogens with one attached hydrogen (secondary N) is 1. The lowest BCUT2D eigenvalue weighted by atomic mass is 9.92. The van der Waals surface area contributed by atoms with Crippen molar-refractivity contribution in [1.29, 1.82) is 0 Å². The predicted octanol–water partition coefficient (Wildman–Crippen LogP) is 5.47. The Bertz CT molecular complexity index is 1160. The molecule has 1 aromatic heterocycles. The number of hydrogen-bond donors (Lipinski definition) is 2. The molecule has 2 heterocycles. The summed E-state index contributed by atoms with van der Waals surface area (Å²) >= 11 is 0. The third kappa shape index (κ3) is 3.74. The van der Waals surface area contributed by atoms with E-state index in [1.807, 2.05) is 18.3 Å². The number of carboxylic acid groups (broad SMARTS) is 1. The fourth-order valence-corrected chi connectivity index (χ4v) is 4.89. The van der Waals surface area contributed by atoms with Gasteiger partial charge in [0.1, 0.15) is 5.75 Å². The van der Waals surface area contributed by atoms with Gasteiger partial charge in [0.25, 0.3) is 0 Å². The van der Waals surface area contributed by atoms with Crippen LogP contribution in [0.15, 0.2) is 54.2 Å². The van der Waals surface area contributed by atoms with E-state index in [2.05, 4.69) is 35.0 Å². The predicted molar refractivity (Wildman–Crippen MR) is 122 cm³/mol. The lowest BCUT2D eigenvalue weighted by Gasteiger charge is -2.35. The molecule has 1 aliphatic carbocycles. The van der Waals surface area contributed by atoms with Crippen molar-refractivity contribution < 1.29 is 14.6 Å². The van der Waals surface area contributed by atoms with Crippen LogP contribution in [-0.2, 0) is 6.54 Å². The van der Waals surface area contributed by atoms with Gasteiger partial charge in [0.15, 0.2) is 0 Å². The zero-order valence-electron chi connectivity index (χ0n) is 18.0. The van der Waals surface area contributed by atoms with Gasteiger partial charge >= 0.3 is 5.97 Å². The third-order valence-electron chi connectivity index (χ3n) is 6.75. The van der Waals surface area contributed by atoms with Gasteiger partial charge in [0.2, 0.25) is 0 Å². The molecule has 5 rings (SSSR count). The van der Waals surface area contributed by atoms with Crippen LogP contribution in [0.4, 0.5) is 0 Å². The van der Waals surface area contributed by atoms with Gasteiger partial charge in [0, 0.05) is 35.8 Å². The first kappa shape index (κ1) is 19.9. The summed E-state index contributed by atoms with van der Waals surface area (Å²) in [5.41, 5.74) is 6.55. The average Bonchev–Trinajstić information content (AvgIpc) is 3.51. The number of ether oxygens (including phenoxy) is 1. The molecule has 0 radical (unpaired) electrons. The summed E-state index contributed by atoms with van der Waals surface area (Å²) in [7, 11) is 1.74. The van der Waals surface area contributed by atoms with Crippen molar-refractivity contribution >= 4 is 16.9 Å². The van der Waals surface area contributed by atoms with Crippen LogP contribution in [0.3, 0.4) is 0 Å². The number of benzene rings is 2. The van der Waals surface area contributed by atoms with E-state index in [-0.39, 0.29) is 6.04 Å². The second-order valence-corrected chi connectivity index (χ2v) is 8.75. The van der Waals surface area contributed by atoms with Crippen molar-refractivity contribution in [3.05, 3.63) is 76.5 Å². The quantitative estimate of drug-likeness (QED) is 0.523. The maximum absolute atomic E-state index is 11.3. The molecule has 1 fully saturated rings. The number of aromatic carboxylic acids is 1. The van der Waals surface area contributed by atoms with Gasteiger partial charge in [-0.3, -0.25) is 4.90 Å². The molecule has 0 saturated heterocycles. The molecule has 2 aromatic carbocycles. The highest BCUT2D eigenvalue weighted by atomic mass is 16.5. The van der Waals surface area contributed by atoms with Crippen LogP contribution in [0.2, 0.25) is 0 Å². The Kier molecular flexibility index (Phi) is 5.06. The number of aromatic nitrogens is 1. The van der Waals surface area contributed by atoms with E-state index in [9.17, 15) is 9.90 Å². The second-order valence-electron chi connectivity index (χ2n) is 8.75. The van der Waals surface area contributed by atoms with Crippen LogP contribution in [0, 0.1) is 12.8 Å². The fourth-order valence-electron chi connectivity index (χ4n) is 4.89. The van der Waals surface area contributed by atoms with Crippen molar-refractivity contribution in [2.24, 2.45) is 5.92 Å². The highest BCUT2D eigenvalue weighted by Gasteiger charge is 2.32. The number of fused-ring (bicyclic) bond motifs is 1. The maximum Gasteiger partial charge on any atom is 0.335 e. The molecule has 31 heavy (non-hydrogen) atoms. The topological polar surface area (TPSA) is 65.6 Å². The number of carboxylic acids is 1. The minimum atomic E-state index is -0.888. The van der Waals surface area contributed by atoms with Crippen LogP contribution >= 0.6 is 0 Å². The SMILES string of the molecule is COc1cc(C)c2[nH]ccc2c1CN1CCC(C2CC2)=C[C@H]1c1ccc(C(=O)O)cc1. The van der Waals surface area contributed by atoms with Crippen molar-refractivity contribution in [3.63, 3.8) is 0 Å². The fraction of sp³-hybridized carbons (Fsp3) is 0.346. The molecule has 0 bridgehead atoms. The van der Waals surface area contributed by atoms with Crippen LogP contribution < -0.4 is 4.74 Å². The van der Waals surface area contributed by atoms with Crippen LogP contribution in [0.1, 0.15) is 52.4 Å². The van der Waals surface area contributed by atoms with Gasteiger partial charge in [-0.1, -0.05) is 23.8 Å². The van der Waals surface area contributed by atoms with Gasteiger partial charge in [-0.25, -0.2) is 4.79 Å². The zero-order chi connectivity index (χ0) is 21.5. The highest BCUT2D eigenvalue weighted by Crippen LogP contribution is 2.43. The highest BCUT2D eigenvalue weighted by molar-refractivity contribution is 5.88. The molecular weight excluding hydrogens is 388 g/mol. The molecule has 1 saturated carbocycles. The molecule has 0 unspecified atom stereocenters. The third-order valence-corrected chi connectivity index (χ3v) is 6.75. The summed E-state index contributed by atoms with van der Waals surface area (Å²) < 4.78 is 5.78. The first-order chi connectivity index (χ1) is 15.0. The molecule has 1 atom stereocenters. The van der Waals surface area contributed by atoms with Crippen LogP contribution in [0.25, 0.3) is 10.9 Å². The maximum atomic E-state index is 11.3. The molecule has 160 valence electrons. The largest absolute Gasteiger partial charge is 0.496 e. The molecule has 0 spiro atoms. The number of H-pyrrole nitrogens is 1. The first-order valence-electron chi connectivity index (χ1n) is 11.0. The number of nitrogens with zero attached hydrogens (tertiary/aromatic N) is 1. The number of aryl methyl sites for hydroxylation is 1. The van der Waals surface area contributed by atoms with E-state index in [0.717, 1.165) is 42.3 Å². The normalized spacial score (nSPS) is 19.4. The lowest BCUT2D eigenvalue weighted by Crippen LogP contribution is -2.32. The Morgan fingerprint density at radius 2 is 2.00 bits per heavy atom. The number of hydrogen-bond acceptors (Lipinski definition) is 3. The van der Waals surface area contributed by atoms with Crippen molar-refractivity contribution in [2.45, 2.75) is 38.8 Å². The summed E-state index contributed by atoms with van der Waals surface area (Å²) in [6, 6.07) is 11.7. The van der Waals surface area contributed by atoms with Crippen LogP contribution in [0.5, 0.6) is 5.75 Å². The summed E-state index contributed by atoms with van der Waals surface area (Å²) in [5, 5.41) is 10.5. The van der Waals surface area contributed by atoms with Gasteiger partial charge in [-0.05, 0) is 67.5 Å². The Labute approximate surface area is 182 Å². The molecule has 3 aromatic rings. The van der Waals surface area contributed by atoms with Crippen LogP contribution in [-0.4, -0.2) is 34.6 Å². The Hall–Kier alpha value is -3.05. The molecule has 5 nitrogen and oxygen atoms in total. The van der Waals surface area contributed by atoms with E-state index in [4.69, 9.17) is 4.74 Å². The molecule has 2 N–H and O–H groups in total. The smallest absolute Gasteiger partial charge is 0.335 e. The lowest BCUT2D eigenvalue weighted by molar-refractivity contribution is 0.0697. The molecule has 0 amide bonds. The standard InChI is InChI=1S/C26H28N2O3/c1-16-13-24(31-2)22(21-9-11-27-25(16)21)15-28-12-10-20(17-3-4-17)14-23(28)18-5-7-19(8-6-18)26(29)30/h5-9,11,13-14,17,23,27H,3-4,10,12,15H2,1-2H3,(H,29,30)/t23-/m0/s1. The van der Waals surface area contributed by atoms with Crippen molar-refractivity contribution in [2.75, 3.05) is 13.7 Å². The number of methoxy groups -OCH3 is 1. The average molecular weight is 417 g/mol. The minimum absolute atomic E-state index is 0.132.